The summed E-state index contributed by atoms with van der Waals surface area (Å²) in [6, 6.07) is 13.2. The molecule has 0 aromatic heterocycles. The van der Waals surface area contributed by atoms with Crippen molar-refractivity contribution in [1.29, 1.82) is 0 Å². The van der Waals surface area contributed by atoms with Crippen molar-refractivity contribution in [2.24, 2.45) is 0 Å². The fourth-order valence-electron chi connectivity index (χ4n) is 4.64. The maximum Gasteiger partial charge on any atom is 0.285 e. The van der Waals surface area contributed by atoms with E-state index in [1.807, 2.05) is 30.3 Å². The minimum Gasteiger partial charge on any atom is -0.362 e. The molecule has 1 heterocycles. The molecule has 0 spiro atoms. The van der Waals surface area contributed by atoms with Crippen molar-refractivity contribution in [3.8, 4) is 0 Å². The van der Waals surface area contributed by atoms with Crippen LogP contribution in [0.25, 0.3) is 10.8 Å². The Kier molecular flexibility index (Phi) is 10.0. The third kappa shape index (κ3) is 5.92. The third-order valence-electron chi connectivity index (χ3n) is 6.54. The van der Waals surface area contributed by atoms with Crippen LogP contribution in [0.2, 0.25) is 0 Å². The van der Waals surface area contributed by atoms with Crippen LogP contribution < -0.4 is 0 Å². The average Bonchev–Trinajstić information content (AvgIpc) is 2.87. The van der Waals surface area contributed by atoms with Crippen molar-refractivity contribution < 1.29 is 19.5 Å². The topological polar surface area (TPSA) is 66.8 Å². The van der Waals surface area contributed by atoms with Gasteiger partial charge in [0.1, 0.15) is 0 Å². The molecule has 1 atom stereocenters. The lowest BCUT2D eigenvalue weighted by Crippen LogP contribution is -2.41. The van der Waals surface area contributed by atoms with Crippen LogP contribution in [0.4, 0.5) is 0 Å². The Hall–Kier alpha value is -0.830. The van der Waals surface area contributed by atoms with Crippen LogP contribution in [-0.4, -0.2) is 22.0 Å². The van der Waals surface area contributed by atoms with Crippen molar-refractivity contribution in [1.82, 2.24) is 5.06 Å². The molecule has 8 heteroatoms. The summed E-state index contributed by atoms with van der Waals surface area (Å²) in [6.07, 6.45) is 8.11. The van der Waals surface area contributed by atoms with Crippen LogP contribution in [0.1, 0.15) is 90.0 Å². The number of hydrogen-bond acceptors (Lipinski definition) is 4. The Morgan fingerprint density at radius 1 is 0.833 bits per heavy atom. The molecular formula is C28H28I3NO4. The Morgan fingerprint density at radius 2 is 1.47 bits per heavy atom. The fraction of sp³-hybridized carbons (Fsp3) is 0.357. The van der Waals surface area contributed by atoms with E-state index in [9.17, 15) is 14.7 Å². The largest absolute Gasteiger partial charge is 0.362 e. The number of aryl methyl sites for hydroxylation is 1. The van der Waals surface area contributed by atoms with E-state index in [0.717, 1.165) is 34.5 Å². The van der Waals surface area contributed by atoms with Gasteiger partial charge in [-0.15, -0.1) is 5.06 Å². The van der Waals surface area contributed by atoms with Gasteiger partial charge in [0.2, 0.25) is 6.29 Å². The Morgan fingerprint density at radius 3 is 2.19 bits per heavy atom. The van der Waals surface area contributed by atoms with Crippen molar-refractivity contribution in [2.75, 3.05) is 0 Å². The molecule has 3 aromatic rings. The van der Waals surface area contributed by atoms with Crippen LogP contribution in [0.15, 0.2) is 42.5 Å². The lowest BCUT2D eigenvalue weighted by molar-refractivity contribution is -0.218. The number of imide groups is 1. The number of aliphatic hydroxyl groups excluding tert-OH is 1. The average molecular weight is 823 g/mol. The normalized spacial score (nSPS) is 14.1. The summed E-state index contributed by atoms with van der Waals surface area (Å²) >= 11 is 6.44. The lowest BCUT2D eigenvalue weighted by atomic mass is 9.90. The second kappa shape index (κ2) is 12.8. The summed E-state index contributed by atoms with van der Waals surface area (Å²) in [5.74, 6) is -1.11. The van der Waals surface area contributed by atoms with Gasteiger partial charge >= 0.3 is 0 Å². The minimum atomic E-state index is -1.45. The minimum absolute atomic E-state index is 0.419. The number of amides is 2. The number of hydroxylamine groups is 2. The van der Waals surface area contributed by atoms with Gasteiger partial charge in [-0.1, -0.05) is 63.6 Å². The van der Waals surface area contributed by atoms with Crippen LogP contribution in [-0.2, 0) is 11.3 Å². The van der Waals surface area contributed by atoms with Crippen LogP contribution in [0.5, 0.6) is 0 Å². The van der Waals surface area contributed by atoms with Gasteiger partial charge in [0.25, 0.3) is 11.8 Å². The number of hydrogen-bond donors (Lipinski definition) is 1. The lowest BCUT2D eigenvalue weighted by Gasteiger charge is -2.29. The standard InChI is InChI=1S/C28H28I3NO4/c1-2-3-4-5-6-7-8-10-17-13-14-20-23-18(17)11-9-12-19(23)26(33)32(27(20)34)36-28(35)24-21(29)15-16-22(30)25(24)31/h9,11-16,28,35H,2-8,10H2,1H3. The highest BCUT2D eigenvalue weighted by atomic mass is 127. The summed E-state index contributed by atoms with van der Waals surface area (Å²) in [5.41, 5.74) is 2.53. The number of carbonyl (C=O) groups is 2. The molecule has 1 aliphatic rings. The molecule has 3 aromatic carbocycles. The molecule has 1 N–H and O–H groups in total. The molecule has 5 nitrogen and oxygen atoms in total. The number of rotatable bonds is 11. The second-order valence-electron chi connectivity index (χ2n) is 8.99. The van der Waals surface area contributed by atoms with Crippen LogP contribution in [0, 0.1) is 10.7 Å². The Labute approximate surface area is 252 Å². The predicted octanol–water partition coefficient (Wildman–Crippen LogP) is 8.17. The van der Waals surface area contributed by atoms with E-state index in [-0.39, 0.29) is 0 Å². The van der Waals surface area contributed by atoms with E-state index >= 15 is 0 Å². The zero-order valence-electron chi connectivity index (χ0n) is 20.0. The van der Waals surface area contributed by atoms with Gasteiger partial charge in [-0.25, -0.2) is 4.84 Å². The molecule has 190 valence electrons. The number of halogens is 3. The van der Waals surface area contributed by atoms with Gasteiger partial charge in [-0.3, -0.25) is 9.59 Å². The van der Waals surface area contributed by atoms with E-state index in [1.165, 1.54) is 38.5 Å². The SMILES string of the molecule is CCCCCCCCCc1ccc2c3c(cccc13)C(=O)N(OC(O)c1c(I)ccc(I)c1I)C2=O. The smallest absolute Gasteiger partial charge is 0.285 e. The molecule has 2 amide bonds. The first kappa shape index (κ1) is 28.2. The van der Waals surface area contributed by atoms with E-state index in [2.05, 4.69) is 74.7 Å². The maximum absolute atomic E-state index is 13.4. The molecular weight excluding hydrogens is 795 g/mol. The van der Waals surface area contributed by atoms with Crippen molar-refractivity contribution in [3.63, 3.8) is 0 Å². The highest BCUT2D eigenvalue weighted by Crippen LogP contribution is 2.36. The number of carbonyl (C=O) groups excluding carboxylic acids is 2. The number of aliphatic hydroxyl groups is 1. The third-order valence-corrected chi connectivity index (χ3v) is 10.6. The van der Waals surface area contributed by atoms with Gasteiger partial charge < -0.3 is 5.11 Å². The van der Waals surface area contributed by atoms with Crippen LogP contribution >= 0.6 is 67.8 Å². The highest BCUT2D eigenvalue weighted by molar-refractivity contribution is 14.1. The summed E-state index contributed by atoms with van der Waals surface area (Å²) in [5, 5.41) is 13.2. The van der Waals surface area contributed by atoms with Gasteiger partial charge in [-0.05, 0) is 116 Å². The van der Waals surface area contributed by atoms with Crippen molar-refractivity contribution in [3.05, 3.63) is 75.4 Å². The van der Waals surface area contributed by atoms with Crippen molar-refractivity contribution in [2.45, 2.75) is 64.6 Å². The maximum atomic E-state index is 13.4. The van der Waals surface area contributed by atoms with Gasteiger partial charge in [-0.2, -0.15) is 0 Å². The first-order chi connectivity index (χ1) is 17.3. The summed E-state index contributed by atoms with van der Waals surface area (Å²) in [7, 11) is 0. The quantitative estimate of drug-likeness (QED) is 0.0698. The van der Waals surface area contributed by atoms with Crippen molar-refractivity contribution >= 4 is 90.4 Å². The van der Waals surface area contributed by atoms with Crippen LogP contribution in [0.3, 0.4) is 0 Å². The van der Waals surface area contributed by atoms with E-state index in [4.69, 9.17) is 4.84 Å². The number of benzene rings is 3. The fourth-order valence-corrected chi connectivity index (χ4v) is 7.08. The van der Waals surface area contributed by atoms with E-state index < -0.39 is 18.1 Å². The van der Waals surface area contributed by atoms with Gasteiger partial charge in [0.05, 0.1) is 11.1 Å². The molecule has 0 aliphatic carbocycles. The van der Waals surface area contributed by atoms with Gasteiger partial charge in [0, 0.05) is 21.7 Å². The Balaban J connectivity index is 1.55. The summed E-state index contributed by atoms with van der Waals surface area (Å²) < 4.78 is 2.56. The highest BCUT2D eigenvalue weighted by Gasteiger charge is 2.36. The first-order valence-electron chi connectivity index (χ1n) is 12.3. The zero-order chi connectivity index (χ0) is 25.8. The predicted molar refractivity (Wildman–Crippen MR) is 167 cm³/mol. The molecule has 1 unspecified atom stereocenters. The zero-order valence-corrected chi connectivity index (χ0v) is 26.5. The molecule has 0 saturated heterocycles. The number of unbranched alkanes of at least 4 members (excludes halogenated alkanes) is 6. The molecule has 0 radical (unpaired) electrons. The molecule has 0 fully saturated rings. The first-order valence-corrected chi connectivity index (χ1v) is 15.5. The Bertz CT molecular complexity index is 1270. The number of nitrogens with zero attached hydrogens (tertiary/aromatic N) is 1. The van der Waals surface area contributed by atoms with E-state index in [1.54, 1.807) is 12.1 Å². The van der Waals surface area contributed by atoms with E-state index in [0.29, 0.717) is 27.1 Å². The molecule has 36 heavy (non-hydrogen) atoms. The molecule has 0 bridgehead atoms. The summed E-state index contributed by atoms with van der Waals surface area (Å²) in [6.45, 7) is 2.23. The van der Waals surface area contributed by atoms with Gasteiger partial charge in [0.15, 0.2) is 0 Å². The summed E-state index contributed by atoms with van der Waals surface area (Å²) in [4.78, 5) is 32.4. The molecule has 4 rings (SSSR count). The molecule has 1 aliphatic heterocycles. The monoisotopic (exact) mass is 823 g/mol. The molecule has 0 saturated carbocycles. The second-order valence-corrected chi connectivity index (χ2v) is 12.4.